The minimum absolute atomic E-state index is 0.0410. The van der Waals surface area contributed by atoms with E-state index < -0.39 is 12.5 Å². The summed E-state index contributed by atoms with van der Waals surface area (Å²) < 4.78 is 27.7. The van der Waals surface area contributed by atoms with Crippen molar-refractivity contribution in [3.05, 3.63) is 48.3 Å². The summed E-state index contributed by atoms with van der Waals surface area (Å²) in [7, 11) is 0. The quantitative estimate of drug-likeness (QED) is 0.587. The van der Waals surface area contributed by atoms with E-state index >= 15 is 0 Å². The fraction of sp³-hybridized carbons (Fsp3) is 0.154. The normalized spacial score (nSPS) is 11.3. The maximum absolute atomic E-state index is 13.8. The van der Waals surface area contributed by atoms with Crippen molar-refractivity contribution in [3.8, 4) is 5.75 Å². The fourth-order valence-corrected chi connectivity index (χ4v) is 1.58. The van der Waals surface area contributed by atoms with Crippen molar-refractivity contribution >= 4 is 11.4 Å². The second-order valence-electron chi connectivity index (χ2n) is 4.01. The van der Waals surface area contributed by atoms with Gasteiger partial charge in [0.1, 0.15) is 11.4 Å². The Morgan fingerprint density at radius 1 is 1.21 bits per heavy atom. The number of aromatic hydroxyl groups is 1. The lowest BCUT2D eigenvalue weighted by molar-refractivity contribution is 0.00601. The number of halogens is 2. The molecule has 1 heterocycles. The van der Waals surface area contributed by atoms with Crippen LogP contribution in [-0.2, 0) is 5.92 Å². The predicted octanol–water partition coefficient (Wildman–Crippen LogP) is 2.57. The first kappa shape index (κ1) is 13.1. The Morgan fingerprint density at radius 3 is 2.68 bits per heavy atom. The van der Waals surface area contributed by atoms with Gasteiger partial charge < -0.3 is 16.2 Å². The highest BCUT2D eigenvalue weighted by Crippen LogP contribution is 2.31. The number of hydrogen-bond acceptors (Lipinski definition) is 4. The van der Waals surface area contributed by atoms with E-state index in [9.17, 15) is 13.9 Å². The van der Waals surface area contributed by atoms with E-state index in [0.717, 1.165) is 0 Å². The molecule has 0 amide bonds. The molecule has 0 bridgehead atoms. The number of nitrogen functional groups attached to an aromatic ring is 1. The molecule has 0 spiro atoms. The lowest BCUT2D eigenvalue weighted by Gasteiger charge is -2.18. The molecule has 6 heteroatoms. The van der Waals surface area contributed by atoms with Crippen LogP contribution >= 0.6 is 0 Å². The van der Waals surface area contributed by atoms with Gasteiger partial charge in [-0.15, -0.1) is 0 Å². The summed E-state index contributed by atoms with van der Waals surface area (Å²) in [5.74, 6) is -3.27. The van der Waals surface area contributed by atoms with Crippen molar-refractivity contribution in [2.24, 2.45) is 0 Å². The molecular weight excluding hydrogens is 252 g/mol. The number of aromatic nitrogens is 1. The second kappa shape index (κ2) is 5.09. The number of rotatable bonds is 4. The Morgan fingerprint density at radius 2 is 2.00 bits per heavy atom. The highest BCUT2D eigenvalue weighted by molar-refractivity contribution is 5.72. The zero-order valence-electron chi connectivity index (χ0n) is 9.98. The minimum Gasteiger partial charge on any atom is -0.506 e. The largest absolute Gasteiger partial charge is 0.506 e. The molecule has 0 aliphatic heterocycles. The molecule has 0 atom stereocenters. The molecule has 1 aromatic carbocycles. The van der Waals surface area contributed by atoms with Crippen molar-refractivity contribution in [2.75, 3.05) is 17.6 Å². The third kappa shape index (κ3) is 2.90. The molecule has 2 rings (SSSR count). The lowest BCUT2D eigenvalue weighted by Crippen LogP contribution is -2.26. The highest BCUT2D eigenvalue weighted by Gasteiger charge is 2.32. The monoisotopic (exact) mass is 265 g/mol. The van der Waals surface area contributed by atoms with Crippen LogP contribution in [0.15, 0.2) is 42.6 Å². The number of anilines is 2. The summed E-state index contributed by atoms with van der Waals surface area (Å²) in [6, 6.07) is 8.75. The third-order valence-corrected chi connectivity index (χ3v) is 2.62. The van der Waals surface area contributed by atoms with Crippen LogP contribution in [0.2, 0.25) is 0 Å². The number of hydrogen-bond donors (Lipinski definition) is 3. The molecule has 2 aromatic rings. The van der Waals surface area contributed by atoms with E-state index in [1.165, 1.54) is 36.5 Å². The fourth-order valence-electron chi connectivity index (χ4n) is 1.58. The molecule has 0 saturated carbocycles. The Kier molecular flexibility index (Phi) is 3.50. The number of nitrogens with one attached hydrogen (secondary N) is 1. The molecule has 0 saturated heterocycles. The predicted molar refractivity (Wildman–Crippen MR) is 69.1 cm³/mol. The van der Waals surface area contributed by atoms with Crippen LogP contribution in [-0.4, -0.2) is 16.6 Å². The van der Waals surface area contributed by atoms with Gasteiger partial charge in [0, 0.05) is 6.20 Å². The average Bonchev–Trinajstić information content (AvgIpc) is 2.41. The van der Waals surface area contributed by atoms with Crippen LogP contribution < -0.4 is 11.1 Å². The van der Waals surface area contributed by atoms with E-state index in [1.807, 2.05) is 0 Å². The molecule has 1 aromatic heterocycles. The van der Waals surface area contributed by atoms with Gasteiger partial charge in [0.15, 0.2) is 0 Å². The number of pyridine rings is 1. The standard InChI is InChI=1S/C13H13F2N3O/c14-13(15,11-6-1-2-7-17-11)8-18-9-4-3-5-10(19)12(9)16/h1-7,18-19H,8,16H2. The number of phenolic OH excluding ortho intramolecular Hbond substituents is 1. The number of para-hydroxylation sites is 1. The van der Waals surface area contributed by atoms with Gasteiger partial charge in [0.05, 0.1) is 17.9 Å². The van der Waals surface area contributed by atoms with Gasteiger partial charge in [0.25, 0.3) is 0 Å². The van der Waals surface area contributed by atoms with Crippen LogP contribution in [0.3, 0.4) is 0 Å². The molecule has 19 heavy (non-hydrogen) atoms. The van der Waals surface area contributed by atoms with Crippen molar-refractivity contribution in [1.82, 2.24) is 4.98 Å². The van der Waals surface area contributed by atoms with Gasteiger partial charge in [-0.25, -0.2) is 0 Å². The van der Waals surface area contributed by atoms with Crippen molar-refractivity contribution in [1.29, 1.82) is 0 Å². The SMILES string of the molecule is Nc1c(O)cccc1NCC(F)(F)c1ccccn1. The van der Waals surface area contributed by atoms with Gasteiger partial charge >= 0.3 is 5.92 Å². The van der Waals surface area contributed by atoms with Crippen LogP contribution in [0.25, 0.3) is 0 Å². The number of alkyl halides is 2. The second-order valence-corrected chi connectivity index (χ2v) is 4.01. The van der Waals surface area contributed by atoms with E-state index in [-0.39, 0.29) is 22.8 Å². The highest BCUT2D eigenvalue weighted by atomic mass is 19.3. The number of nitrogens with zero attached hydrogens (tertiary/aromatic N) is 1. The van der Waals surface area contributed by atoms with Crippen LogP contribution in [0.1, 0.15) is 5.69 Å². The van der Waals surface area contributed by atoms with Gasteiger partial charge in [-0.1, -0.05) is 12.1 Å². The molecular formula is C13H13F2N3O. The van der Waals surface area contributed by atoms with E-state index in [1.54, 1.807) is 6.07 Å². The average molecular weight is 265 g/mol. The topological polar surface area (TPSA) is 71.2 Å². The summed E-state index contributed by atoms with van der Waals surface area (Å²) >= 11 is 0. The summed E-state index contributed by atoms with van der Waals surface area (Å²) in [6.45, 7) is -0.655. The molecule has 0 aliphatic rings. The number of nitrogens with two attached hydrogens (primary N) is 1. The molecule has 0 aliphatic carbocycles. The van der Waals surface area contributed by atoms with Gasteiger partial charge in [-0.05, 0) is 24.3 Å². The van der Waals surface area contributed by atoms with Gasteiger partial charge in [-0.3, -0.25) is 4.98 Å². The van der Waals surface area contributed by atoms with Crippen LogP contribution in [0.5, 0.6) is 5.75 Å². The molecule has 0 radical (unpaired) electrons. The Bertz CT molecular complexity index is 561. The minimum atomic E-state index is -3.13. The van der Waals surface area contributed by atoms with E-state index in [2.05, 4.69) is 10.3 Å². The van der Waals surface area contributed by atoms with Crippen molar-refractivity contribution in [2.45, 2.75) is 5.92 Å². The summed E-state index contributed by atoms with van der Waals surface area (Å²) in [5.41, 5.74) is 5.56. The van der Waals surface area contributed by atoms with Crippen LogP contribution in [0.4, 0.5) is 20.2 Å². The summed E-state index contributed by atoms with van der Waals surface area (Å²) in [6.07, 6.45) is 1.31. The first-order valence-corrected chi connectivity index (χ1v) is 5.61. The van der Waals surface area contributed by atoms with Crippen molar-refractivity contribution < 1.29 is 13.9 Å². The van der Waals surface area contributed by atoms with Gasteiger partial charge in [0.2, 0.25) is 0 Å². The van der Waals surface area contributed by atoms with Crippen molar-refractivity contribution in [3.63, 3.8) is 0 Å². The maximum atomic E-state index is 13.8. The van der Waals surface area contributed by atoms with Crippen LogP contribution in [0, 0.1) is 0 Å². The smallest absolute Gasteiger partial charge is 0.306 e. The maximum Gasteiger partial charge on any atom is 0.306 e. The molecule has 4 nitrogen and oxygen atoms in total. The van der Waals surface area contributed by atoms with E-state index in [0.29, 0.717) is 0 Å². The first-order chi connectivity index (χ1) is 9.00. The zero-order chi connectivity index (χ0) is 13.9. The Hall–Kier alpha value is -2.37. The Balaban J connectivity index is 2.12. The lowest BCUT2D eigenvalue weighted by atomic mass is 10.2. The summed E-state index contributed by atoms with van der Waals surface area (Å²) in [5, 5.41) is 11.9. The zero-order valence-corrected chi connectivity index (χ0v) is 9.98. The van der Waals surface area contributed by atoms with Gasteiger partial charge in [-0.2, -0.15) is 8.78 Å². The molecule has 0 unspecified atom stereocenters. The third-order valence-electron chi connectivity index (χ3n) is 2.62. The Labute approximate surface area is 108 Å². The molecule has 4 N–H and O–H groups in total. The van der Waals surface area contributed by atoms with E-state index in [4.69, 9.17) is 5.73 Å². The first-order valence-electron chi connectivity index (χ1n) is 5.61. The molecule has 0 fully saturated rings. The number of phenols is 1. The number of benzene rings is 1. The summed E-state index contributed by atoms with van der Waals surface area (Å²) in [4.78, 5) is 3.63. The molecule has 100 valence electrons.